The molecule has 1 aliphatic heterocycles. The number of halogens is 2. The predicted octanol–water partition coefficient (Wildman–Crippen LogP) is 4.82. The summed E-state index contributed by atoms with van der Waals surface area (Å²) in [6, 6.07) is 12.7. The van der Waals surface area contributed by atoms with Crippen LogP contribution >= 0.6 is 35.4 Å². The molecule has 1 saturated heterocycles. The van der Waals surface area contributed by atoms with Crippen LogP contribution in [0, 0.1) is 0 Å². The lowest BCUT2D eigenvalue weighted by Gasteiger charge is -2.09. The molecule has 138 valence electrons. The van der Waals surface area contributed by atoms with Gasteiger partial charge in [0.15, 0.2) is 5.11 Å². The Balaban J connectivity index is 1.73. The van der Waals surface area contributed by atoms with E-state index in [0.717, 1.165) is 11.1 Å². The van der Waals surface area contributed by atoms with E-state index in [4.69, 9.17) is 40.2 Å². The van der Waals surface area contributed by atoms with E-state index in [9.17, 15) is 4.79 Å². The summed E-state index contributed by atoms with van der Waals surface area (Å²) >= 11 is 17.2. The summed E-state index contributed by atoms with van der Waals surface area (Å²) < 4.78 is 5.81. The van der Waals surface area contributed by atoms with Gasteiger partial charge in [0.1, 0.15) is 18.1 Å². The van der Waals surface area contributed by atoms with E-state index in [1.807, 2.05) is 30.3 Å². The molecule has 7 heteroatoms. The third kappa shape index (κ3) is 4.69. The largest absolute Gasteiger partial charge is 0.489 e. The quantitative estimate of drug-likeness (QED) is 0.414. The van der Waals surface area contributed by atoms with Crippen LogP contribution in [0.25, 0.3) is 6.08 Å². The number of nitrogens with one attached hydrogen (secondary N) is 1. The van der Waals surface area contributed by atoms with Crippen molar-refractivity contribution in [2.24, 2.45) is 0 Å². The van der Waals surface area contributed by atoms with Gasteiger partial charge in [-0.3, -0.25) is 9.69 Å². The van der Waals surface area contributed by atoms with Gasteiger partial charge in [0.25, 0.3) is 5.91 Å². The Morgan fingerprint density at radius 3 is 2.78 bits per heavy atom. The van der Waals surface area contributed by atoms with Gasteiger partial charge in [0.05, 0.1) is 0 Å². The van der Waals surface area contributed by atoms with Crippen molar-refractivity contribution in [3.8, 4) is 5.75 Å². The number of carbonyl (C=O) groups excluding carboxylic acids is 1. The van der Waals surface area contributed by atoms with Crippen LogP contribution in [0.5, 0.6) is 5.75 Å². The molecule has 2 aromatic carbocycles. The molecular formula is C20H16Cl2N2O2S. The van der Waals surface area contributed by atoms with E-state index in [0.29, 0.717) is 39.8 Å². The van der Waals surface area contributed by atoms with Gasteiger partial charge in [-0.15, -0.1) is 6.58 Å². The minimum atomic E-state index is -0.181. The summed E-state index contributed by atoms with van der Waals surface area (Å²) in [6.07, 6.45) is 3.37. The third-order valence-corrected chi connectivity index (χ3v) is 4.76. The smallest absolute Gasteiger partial charge is 0.276 e. The van der Waals surface area contributed by atoms with Gasteiger partial charge in [0.2, 0.25) is 0 Å². The van der Waals surface area contributed by atoms with Crippen LogP contribution in [0.15, 0.2) is 60.8 Å². The van der Waals surface area contributed by atoms with Crippen LogP contribution in [0.3, 0.4) is 0 Å². The molecule has 0 saturated carbocycles. The lowest BCUT2D eigenvalue weighted by atomic mass is 10.1. The Morgan fingerprint density at radius 2 is 2.04 bits per heavy atom. The van der Waals surface area contributed by atoms with Gasteiger partial charge < -0.3 is 10.1 Å². The molecule has 1 fully saturated rings. The van der Waals surface area contributed by atoms with Crippen molar-refractivity contribution < 1.29 is 9.53 Å². The van der Waals surface area contributed by atoms with Crippen LogP contribution in [0.2, 0.25) is 10.0 Å². The molecule has 0 radical (unpaired) electrons. The maximum atomic E-state index is 12.4. The van der Waals surface area contributed by atoms with Crippen LogP contribution in [0.4, 0.5) is 0 Å². The molecule has 1 aliphatic rings. The highest BCUT2D eigenvalue weighted by atomic mass is 35.5. The predicted molar refractivity (Wildman–Crippen MR) is 113 cm³/mol. The SMILES string of the molecule is C=CCN1C(=O)/C(=C\c2cccc(OCc3ccc(Cl)cc3Cl)c2)NC1=S. The van der Waals surface area contributed by atoms with Gasteiger partial charge >= 0.3 is 0 Å². The zero-order chi connectivity index (χ0) is 19.4. The Kier molecular flexibility index (Phi) is 6.16. The number of rotatable bonds is 6. The zero-order valence-electron chi connectivity index (χ0n) is 14.2. The van der Waals surface area contributed by atoms with Gasteiger partial charge in [-0.25, -0.2) is 0 Å². The van der Waals surface area contributed by atoms with E-state index in [-0.39, 0.29) is 5.91 Å². The van der Waals surface area contributed by atoms with Crippen molar-refractivity contribution in [3.63, 3.8) is 0 Å². The molecule has 27 heavy (non-hydrogen) atoms. The lowest BCUT2D eigenvalue weighted by molar-refractivity contribution is -0.122. The second kappa shape index (κ2) is 8.57. The van der Waals surface area contributed by atoms with E-state index in [1.165, 1.54) is 4.90 Å². The molecule has 0 aliphatic carbocycles. The number of benzene rings is 2. The number of amides is 1. The monoisotopic (exact) mass is 418 g/mol. The molecule has 4 nitrogen and oxygen atoms in total. The molecule has 0 bridgehead atoms. The molecule has 2 aromatic rings. The molecule has 0 atom stereocenters. The molecule has 0 unspecified atom stereocenters. The number of ether oxygens (including phenoxy) is 1. The van der Waals surface area contributed by atoms with E-state index >= 15 is 0 Å². The van der Waals surface area contributed by atoms with Gasteiger partial charge in [-0.05, 0) is 48.1 Å². The summed E-state index contributed by atoms with van der Waals surface area (Å²) in [5.74, 6) is 0.477. The number of hydrogen-bond donors (Lipinski definition) is 1. The maximum absolute atomic E-state index is 12.4. The minimum Gasteiger partial charge on any atom is -0.489 e. The standard InChI is InChI=1S/C20H16Cl2N2O2S/c1-2-8-24-19(25)18(23-20(24)27)10-13-4-3-5-16(9-13)26-12-14-6-7-15(21)11-17(14)22/h2-7,9-11H,1,8,12H2,(H,23,27)/b18-10+. The summed E-state index contributed by atoms with van der Waals surface area (Å²) in [5, 5.41) is 4.43. The average Bonchev–Trinajstić information content (AvgIpc) is 2.89. The first-order valence-corrected chi connectivity index (χ1v) is 9.26. The molecule has 1 amide bonds. The fourth-order valence-electron chi connectivity index (χ4n) is 2.53. The zero-order valence-corrected chi connectivity index (χ0v) is 16.6. The van der Waals surface area contributed by atoms with E-state index in [1.54, 1.807) is 24.3 Å². The van der Waals surface area contributed by atoms with Crippen molar-refractivity contribution in [1.29, 1.82) is 0 Å². The fraction of sp³-hybridized carbons (Fsp3) is 0.100. The molecule has 0 aromatic heterocycles. The Hall–Kier alpha value is -2.34. The van der Waals surface area contributed by atoms with E-state index < -0.39 is 0 Å². The molecule has 1 heterocycles. The minimum absolute atomic E-state index is 0.181. The van der Waals surface area contributed by atoms with Crippen molar-refractivity contribution in [3.05, 3.63) is 82.0 Å². The number of thiocarbonyl (C=S) groups is 1. The highest BCUT2D eigenvalue weighted by molar-refractivity contribution is 7.80. The first-order chi connectivity index (χ1) is 13.0. The van der Waals surface area contributed by atoms with Gasteiger partial charge in [-0.2, -0.15) is 0 Å². The Labute approximate surface area is 173 Å². The van der Waals surface area contributed by atoms with Crippen molar-refractivity contribution >= 4 is 52.5 Å². The summed E-state index contributed by atoms with van der Waals surface area (Å²) in [7, 11) is 0. The number of carbonyl (C=O) groups is 1. The van der Waals surface area contributed by atoms with Gasteiger partial charge in [-0.1, -0.05) is 47.5 Å². The van der Waals surface area contributed by atoms with Crippen LogP contribution in [0.1, 0.15) is 11.1 Å². The Bertz CT molecular complexity index is 943. The number of hydrogen-bond acceptors (Lipinski definition) is 3. The van der Waals surface area contributed by atoms with E-state index in [2.05, 4.69) is 11.9 Å². The van der Waals surface area contributed by atoms with Crippen LogP contribution < -0.4 is 10.1 Å². The highest BCUT2D eigenvalue weighted by Crippen LogP contribution is 2.24. The van der Waals surface area contributed by atoms with Gasteiger partial charge in [0, 0.05) is 22.2 Å². The molecule has 3 rings (SSSR count). The topological polar surface area (TPSA) is 41.6 Å². The molecule has 0 spiro atoms. The average molecular weight is 419 g/mol. The highest BCUT2D eigenvalue weighted by Gasteiger charge is 2.29. The first-order valence-electron chi connectivity index (χ1n) is 8.10. The Morgan fingerprint density at radius 1 is 1.22 bits per heavy atom. The lowest BCUT2D eigenvalue weighted by Crippen LogP contribution is -2.30. The second-order valence-electron chi connectivity index (χ2n) is 5.79. The summed E-state index contributed by atoms with van der Waals surface area (Å²) in [4.78, 5) is 13.8. The first kappa shape index (κ1) is 19.4. The van der Waals surface area contributed by atoms with Crippen molar-refractivity contribution in [1.82, 2.24) is 10.2 Å². The third-order valence-electron chi connectivity index (χ3n) is 3.85. The second-order valence-corrected chi connectivity index (χ2v) is 7.02. The normalized spacial score (nSPS) is 15.2. The molecule has 1 N–H and O–H groups in total. The van der Waals surface area contributed by atoms with Crippen LogP contribution in [-0.2, 0) is 11.4 Å². The van der Waals surface area contributed by atoms with Crippen LogP contribution in [-0.4, -0.2) is 22.5 Å². The maximum Gasteiger partial charge on any atom is 0.276 e. The molecular weight excluding hydrogens is 403 g/mol. The number of nitrogens with zero attached hydrogens (tertiary/aromatic N) is 1. The summed E-state index contributed by atoms with van der Waals surface area (Å²) in [5.41, 5.74) is 2.07. The van der Waals surface area contributed by atoms with Crippen molar-refractivity contribution in [2.75, 3.05) is 6.54 Å². The van der Waals surface area contributed by atoms with Crippen molar-refractivity contribution in [2.45, 2.75) is 6.61 Å². The summed E-state index contributed by atoms with van der Waals surface area (Å²) in [6.45, 7) is 4.31. The fourth-order valence-corrected chi connectivity index (χ4v) is 3.26.